The van der Waals surface area contributed by atoms with E-state index in [1.165, 1.54) is 12.1 Å². The molecule has 3 aromatic rings. The van der Waals surface area contributed by atoms with Gasteiger partial charge in [-0.2, -0.15) is 0 Å². The van der Waals surface area contributed by atoms with E-state index >= 15 is 0 Å². The zero-order chi connectivity index (χ0) is 25.1. The van der Waals surface area contributed by atoms with Crippen molar-refractivity contribution in [2.45, 2.75) is 29.7 Å². The summed E-state index contributed by atoms with van der Waals surface area (Å²) >= 11 is 0. The van der Waals surface area contributed by atoms with Gasteiger partial charge in [-0.05, 0) is 67.9 Å². The Kier molecular flexibility index (Phi) is 7.42. The fourth-order valence-electron chi connectivity index (χ4n) is 3.26. The van der Waals surface area contributed by atoms with Crippen LogP contribution < -0.4 is 9.62 Å². The van der Waals surface area contributed by atoms with Crippen LogP contribution in [-0.4, -0.2) is 35.5 Å². The zero-order valence-electron chi connectivity index (χ0n) is 18.9. The Hall–Kier alpha value is -3.24. The number of halogens is 1. The van der Waals surface area contributed by atoms with Gasteiger partial charge in [-0.15, -0.1) is 0 Å². The number of rotatable bonds is 8. The molecule has 0 fully saturated rings. The number of benzene rings is 3. The van der Waals surface area contributed by atoms with Crippen molar-refractivity contribution >= 4 is 31.5 Å². The van der Waals surface area contributed by atoms with Crippen LogP contribution in [0, 0.1) is 12.7 Å². The minimum absolute atomic E-state index is 0.147. The second-order valence-corrected chi connectivity index (χ2v) is 11.8. The van der Waals surface area contributed by atoms with Crippen LogP contribution in [0.15, 0.2) is 82.6 Å². The predicted octanol–water partition coefficient (Wildman–Crippen LogP) is 3.61. The largest absolute Gasteiger partial charge is 0.348 e. The van der Waals surface area contributed by atoms with Gasteiger partial charge < -0.3 is 5.32 Å². The molecule has 0 aliphatic heterocycles. The SMILES string of the molecule is Cc1ccc(N(CC(=O)N[C@H](C)c2ccc(S(C)(=O)=O)cc2)S(=O)(=O)c2ccc(F)cc2)cc1. The molecule has 1 N–H and O–H groups in total. The first-order valence-electron chi connectivity index (χ1n) is 10.3. The number of carbonyl (C=O) groups is 1. The summed E-state index contributed by atoms with van der Waals surface area (Å²) in [5.74, 6) is -1.14. The van der Waals surface area contributed by atoms with Gasteiger partial charge in [0.2, 0.25) is 5.91 Å². The van der Waals surface area contributed by atoms with Gasteiger partial charge >= 0.3 is 0 Å². The van der Waals surface area contributed by atoms with E-state index in [0.29, 0.717) is 5.56 Å². The lowest BCUT2D eigenvalue weighted by Crippen LogP contribution is -2.41. The number of nitrogens with zero attached hydrogens (tertiary/aromatic N) is 1. The van der Waals surface area contributed by atoms with E-state index in [0.717, 1.165) is 40.4 Å². The Morgan fingerprint density at radius 1 is 0.882 bits per heavy atom. The topological polar surface area (TPSA) is 101 Å². The summed E-state index contributed by atoms with van der Waals surface area (Å²) in [5, 5.41) is 2.74. The predicted molar refractivity (Wildman–Crippen MR) is 128 cm³/mol. The van der Waals surface area contributed by atoms with Gasteiger partial charge in [0.25, 0.3) is 10.0 Å². The Labute approximate surface area is 199 Å². The van der Waals surface area contributed by atoms with Crippen molar-refractivity contribution in [2.24, 2.45) is 0 Å². The van der Waals surface area contributed by atoms with Crippen molar-refractivity contribution in [1.29, 1.82) is 0 Å². The first kappa shape index (κ1) is 25.4. The Bertz CT molecular complexity index is 1370. The summed E-state index contributed by atoms with van der Waals surface area (Å²) in [6.07, 6.45) is 1.11. The van der Waals surface area contributed by atoms with E-state index in [4.69, 9.17) is 0 Å². The second-order valence-electron chi connectivity index (χ2n) is 7.93. The third-order valence-corrected chi connectivity index (χ3v) is 8.11. The molecule has 34 heavy (non-hydrogen) atoms. The van der Waals surface area contributed by atoms with E-state index in [1.807, 2.05) is 6.92 Å². The van der Waals surface area contributed by atoms with Crippen LogP contribution in [-0.2, 0) is 24.7 Å². The van der Waals surface area contributed by atoms with E-state index < -0.39 is 44.2 Å². The van der Waals surface area contributed by atoms with Crippen molar-refractivity contribution in [1.82, 2.24) is 5.32 Å². The van der Waals surface area contributed by atoms with E-state index in [1.54, 1.807) is 43.3 Å². The summed E-state index contributed by atoms with van der Waals surface area (Å²) in [4.78, 5) is 12.9. The van der Waals surface area contributed by atoms with E-state index in [9.17, 15) is 26.0 Å². The molecule has 3 aromatic carbocycles. The Morgan fingerprint density at radius 3 is 1.94 bits per heavy atom. The standard InChI is InChI=1S/C24H25FN2O5S2/c1-17-4-10-21(11-5-17)27(34(31,32)23-14-8-20(25)9-15-23)16-24(28)26-18(2)19-6-12-22(13-7-19)33(3,29)30/h4-15,18H,16H2,1-3H3,(H,26,28)/t18-/m1/s1. The van der Waals surface area contributed by atoms with Gasteiger partial charge in [0, 0.05) is 6.26 Å². The highest BCUT2D eigenvalue weighted by Crippen LogP contribution is 2.24. The van der Waals surface area contributed by atoms with Crippen molar-refractivity contribution in [2.75, 3.05) is 17.1 Å². The molecule has 0 radical (unpaired) electrons. The minimum atomic E-state index is -4.16. The average molecular weight is 505 g/mol. The summed E-state index contributed by atoms with van der Waals surface area (Å²) < 4.78 is 64.2. The maximum absolute atomic E-state index is 13.3. The zero-order valence-corrected chi connectivity index (χ0v) is 20.5. The molecule has 0 saturated heterocycles. The maximum Gasteiger partial charge on any atom is 0.264 e. The number of sulfonamides is 1. The molecule has 1 atom stereocenters. The molecule has 7 nitrogen and oxygen atoms in total. The summed E-state index contributed by atoms with van der Waals surface area (Å²) in [6, 6.07) is 16.6. The summed E-state index contributed by atoms with van der Waals surface area (Å²) in [7, 11) is -7.51. The van der Waals surface area contributed by atoms with Crippen molar-refractivity contribution in [3.05, 3.63) is 89.7 Å². The lowest BCUT2D eigenvalue weighted by Gasteiger charge is -2.25. The number of sulfone groups is 1. The highest BCUT2D eigenvalue weighted by Gasteiger charge is 2.28. The Morgan fingerprint density at radius 2 is 1.41 bits per heavy atom. The second kappa shape index (κ2) is 9.94. The number of nitrogens with one attached hydrogen (secondary N) is 1. The van der Waals surface area contributed by atoms with Crippen LogP contribution in [0.25, 0.3) is 0 Å². The minimum Gasteiger partial charge on any atom is -0.348 e. The van der Waals surface area contributed by atoms with Crippen LogP contribution in [0.5, 0.6) is 0 Å². The monoisotopic (exact) mass is 504 g/mol. The molecule has 3 rings (SSSR count). The smallest absolute Gasteiger partial charge is 0.264 e. The van der Waals surface area contributed by atoms with Crippen LogP contribution >= 0.6 is 0 Å². The molecule has 0 heterocycles. The number of hydrogen-bond acceptors (Lipinski definition) is 5. The fourth-order valence-corrected chi connectivity index (χ4v) is 5.32. The highest BCUT2D eigenvalue weighted by molar-refractivity contribution is 7.93. The van der Waals surface area contributed by atoms with Gasteiger partial charge in [0.1, 0.15) is 12.4 Å². The molecule has 0 saturated carbocycles. The average Bonchev–Trinajstić information content (AvgIpc) is 2.78. The molecule has 0 bridgehead atoms. The highest BCUT2D eigenvalue weighted by atomic mass is 32.2. The van der Waals surface area contributed by atoms with Gasteiger partial charge in [0.05, 0.1) is 21.5 Å². The number of amides is 1. The third kappa shape index (κ3) is 6.00. The molecule has 0 aliphatic rings. The summed E-state index contributed by atoms with van der Waals surface area (Å²) in [6.45, 7) is 3.05. The Balaban J connectivity index is 1.85. The van der Waals surface area contributed by atoms with Crippen molar-refractivity contribution in [3.63, 3.8) is 0 Å². The van der Waals surface area contributed by atoms with E-state index in [-0.39, 0.29) is 15.5 Å². The van der Waals surface area contributed by atoms with E-state index in [2.05, 4.69) is 5.32 Å². The normalized spacial score (nSPS) is 12.7. The molecular formula is C24H25FN2O5S2. The van der Waals surface area contributed by atoms with Gasteiger partial charge in [0.15, 0.2) is 9.84 Å². The van der Waals surface area contributed by atoms with Gasteiger partial charge in [-0.3, -0.25) is 9.10 Å². The molecule has 0 unspecified atom stereocenters. The molecule has 0 aromatic heterocycles. The number of aryl methyl sites for hydroxylation is 1. The van der Waals surface area contributed by atoms with Crippen LogP contribution in [0.4, 0.5) is 10.1 Å². The van der Waals surface area contributed by atoms with Crippen molar-refractivity contribution < 1.29 is 26.0 Å². The van der Waals surface area contributed by atoms with Crippen LogP contribution in [0.1, 0.15) is 24.1 Å². The lowest BCUT2D eigenvalue weighted by molar-refractivity contribution is -0.120. The molecule has 10 heteroatoms. The molecule has 0 spiro atoms. The molecule has 1 amide bonds. The van der Waals surface area contributed by atoms with Gasteiger partial charge in [-0.25, -0.2) is 21.2 Å². The number of carbonyl (C=O) groups excluding carboxylic acids is 1. The number of anilines is 1. The van der Waals surface area contributed by atoms with Crippen LogP contribution in [0.3, 0.4) is 0 Å². The maximum atomic E-state index is 13.3. The summed E-state index contributed by atoms with van der Waals surface area (Å²) in [5.41, 5.74) is 1.86. The van der Waals surface area contributed by atoms with Gasteiger partial charge in [-0.1, -0.05) is 29.8 Å². The quantitative estimate of drug-likeness (QED) is 0.505. The molecule has 180 valence electrons. The first-order chi connectivity index (χ1) is 15.9. The lowest BCUT2D eigenvalue weighted by atomic mass is 10.1. The molecular weight excluding hydrogens is 479 g/mol. The number of hydrogen-bond donors (Lipinski definition) is 1. The van der Waals surface area contributed by atoms with Crippen molar-refractivity contribution in [3.8, 4) is 0 Å². The third-order valence-electron chi connectivity index (χ3n) is 5.20. The van der Waals surface area contributed by atoms with Crippen LogP contribution in [0.2, 0.25) is 0 Å². The molecule has 0 aliphatic carbocycles. The first-order valence-corrected chi connectivity index (χ1v) is 13.7. The fraction of sp³-hybridized carbons (Fsp3) is 0.208.